The van der Waals surface area contributed by atoms with Crippen molar-refractivity contribution in [1.82, 2.24) is 10.2 Å². The lowest BCUT2D eigenvalue weighted by molar-refractivity contribution is -0.138. The molecule has 2 heterocycles. The highest BCUT2D eigenvalue weighted by molar-refractivity contribution is 5.47. The van der Waals surface area contributed by atoms with Crippen LogP contribution in [0.15, 0.2) is 36.7 Å². The van der Waals surface area contributed by atoms with E-state index < -0.39 is 12.2 Å². The molecule has 3 rings (SSSR count). The number of nitrogens with zero attached hydrogens (tertiary/aromatic N) is 2. The Hall–Kier alpha value is -2.18. The molecule has 24 heavy (non-hydrogen) atoms. The lowest BCUT2D eigenvalue weighted by atomic mass is 9.89. The largest absolute Gasteiger partial charge is 0.408 e. The Kier molecular flexibility index (Phi) is 4.69. The summed E-state index contributed by atoms with van der Waals surface area (Å²) in [4.78, 5) is 2.29. The molecule has 0 aliphatic carbocycles. The highest BCUT2D eigenvalue weighted by atomic mass is 19.4. The third-order valence-electron chi connectivity index (χ3n) is 4.60. The Morgan fingerprint density at radius 3 is 2.42 bits per heavy atom. The van der Waals surface area contributed by atoms with Gasteiger partial charge in [-0.3, -0.25) is 5.10 Å². The standard InChI is InChI=1S/C17H21F3N4/c1-12(17(18,19)20)23-15-4-2-13(3-5-15)14-6-8-24(9-7-14)16-10-21-22-11-16/h2-5,10-12,14,23H,6-9H2,1H3,(H,21,22). The topological polar surface area (TPSA) is 44.0 Å². The third-order valence-corrected chi connectivity index (χ3v) is 4.60. The normalized spacial score (nSPS) is 17.8. The first-order valence-electron chi connectivity index (χ1n) is 8.10. The zero-order valence-electron chi connectivity index (χ0n) is 13.5. The third kappa shape index (κ3) is 3.83. The van der Waals surface area contributed by atoms with Crippen LogP contribution in [0.4, 0.5) is 24.5 Å². The van der Waals surface area contributed by atoms with Crippen LogP contribution < -0.4 is 10.2 Å². The van der Waals surface area contributed by atoms with E-state index in [1.807, 2.05) is 24.5 Å². The van der Waals surface area contributed by atoms with E-state index in [0.29, 0.717) is 11.6 Å². The number of hydrogen-bond acceptors (Lipinski definition) is 3. The van der Waals surface area contributed by atoms with E-state index in [0.717, 1.165) is 38.5 Å². The van der Waals surface area contributed by atoms with Crippen LogP contribution in [0.5, 0.6) is 0 Å². The van der Waals surface area contributed by atoms with Crippen molar-refractivity contribution in [3.8, 4) is 0 Å². The van der Waals surface area contributed by atoms with Gasteiger partial charge in [0.2, 0.25) is 0 Å². The Morgan fingerprint density at radius 1 is 1.21 bits per heavy atom. The molecule has 0 spiro atoms. The summed E-state index contributed by atoms with van der Waals surface area (Å²) in [6.45, 7) is 3.03. The number of piperidine rings is 1. The molecule has 1 fully saturated rings. The summed E-state index contributed by atoms with van der Waals surface area (Å²) in [5.41, 5.74) is 2.79. The van der Waals surface area contributed by atoms with Gasteiger partial charge in [-0.25, -0.2) is 0 Å². The van der Waals surface area contributed by atoms with E-state index in [4.69, 9.17) is 0 Å². The fourth-order valence-corrected chi connectivity index (χ4v) is 3.07. The average Bonchev–Trinajstić information content (AvgIpc) is 3.09. The maximum atomic E-state index is 12.6. The zero-order chi connectivity index (χ0) is 17.2. The predicted octanol–water partition coefficient (Wildman–Crippen LogP) is 4.16. The minimum absolute atomic E-state index is 0.447. The molecule has 1 unspecified atom stereocenters. The van der Waals surface area contributed by atoms with Crippen LogP contribution in [-0.2, 0) is 0 Å². The van der Waals surface area contributed by atoms with Gasteiger partial charge in [0.1, 0.15) is 6.04 Å². The quantitative estimate of drug-likeness (QED) is 0.880. The molecular formula is C17H21F3N4. The number of alkyl halides is 3. The van der Waals surface area contributed by atoms with Crippen LogP contribution in [-0.4, -0.2) is 35.5 Å². The summed E-state index contributed by atoms with van der Waals surface area (Å²) in [7, 11) is 0. The lowest BCUT2D eigenvalue weighted by Crippen LogP contribution is -2.33. The summed E-state index contributed by atoms with van der Waals surface area (Å²) < 4.78 is 37.8. The smallest absolute Gasteiger partial charge is 0.374 e. The van der Waals surface area contributed by atoms with E-state index in [1.165, 1.54) is 5.56 Å². The van der Waals surface area contributed by atoms with E-state index in [1.54, 1.807) is 12.1 Å². The highest BCUT2D eigenvalue weighted by Crippen LogP contribution is 2.31. The number of rotatable bonds is 4. The molecule has 130 valence electrons. The van der Waals surface area contributed by atoms with E-state index in [9.17, 15) is 13.2 Å². The highest BCUT2D eigenvalue weighted by Gasteiger charge is 2.35. The van der Waals surface area contributed by atoms with Crippen molar-refractivity contribution in [3.05, 3.63) is 42.2 Å². The molecule has 0 radical (unpaired) electrons. The van der Waals surface area contributed by atoms with Crippen molar-refractivity contribution in [2.75, 3.05) is 23.3 Å². The summed E-state index contributed by atoms with van der Waals surface area (Å²) in [6.07, 6.45) is 1.53. The van der Waals surface area contributed by atoms with Gasteiger partial charge < -0.3 is 10.2 Å². The summed E-state index contributed by atoms with van der Waals surface area (Å²) in [5, 5.41) is 9.29. The van der Waals surface area contributed by atoms with Crippen molar-refractivity contribution in [2.45, 2.75) is 37.9 Å². The van der Waals surface area contributed by atoms with Gasteiger partial charge in [0, 0.05) is 25.0 Å². The zero-order valence-corrected chi connectivity index (χ0v) is 13.5. The second kappa shape index (κ2) is 6.75. The van der Waals surface area contributed by atoms with Gasteiger partial charge >= 0.3 is 6.18 Å². The fourth-order valence-electron chi connectivity index (χ4n) is 3.07. The molecule has 0 amide bonds. The number of halogens is 3. The fraction of sp³-hybridized carbons (Fsp3) is 0.471. The van der Waals surface area contributed by atoms with Gasteiger partial charge in [0.05, 0.1) is 11.9 Å². The van der Waals surface area contributed by atoms with Crippen LogP contribution in [0, 0.1) is 0 Å². The Balaban J connectivity index is 1.57. The van der Waals surface area contributed by atoms with Crippen molar-refractivity contribution in [2.24, 2.45) is 0 Å². The van der Waals surface area contributed by atoms with E-state index in [-0.39, 0.29) is 0 Å². The molecule has 1 aliphatic heterocycles. The SMILES string of the molecule is CC(Nc1ccc(C2CCN(c3cn[nH]c3)CC2)cc1)C(F)(F)F. The Bertz CT molecular complexity index is 629. The number of hydrogen-bond donors (Lipinski definition) is 2. The molecule has 1 saturated heterocycles. The first-order valence-corrected chi connectivity index (χ1v) is 8.10. The molecular weight excluding hydrogens is 317 g/mol. The van der Waals surface area contributed by atoms with E-state index in [2.05, 4.69) is 20.4 Å². The molecule has 2 N–H and O–H groups in total. The summed E-state index contributed by atoms with van der Waals surface area (Å²) in [6, 6.07) is 5.79. The van der Waals surface area contributed by atoms with Crippen molar-refractivity contribution in [1.29, 1.82) is 0 Å². The summed E-state index contributed by atoms with van der Waals surface area (Å²) in [5.74, 6) is 0.447. The van der Waals surface area contributed by atoms with Gasteiger partial charge in [-0.1, -0.05) is 12.1 Å². The lowest BCUT2D eigenvalue weighted by Gasteiger charge is -2.33. The van der Waals surface area contributed by atoms with Crippen molar-refractivity contribution < 1.29 is 13.2 Å². The van der Waals surface area contributed by atoms with Crippen molar-refractivity contribution >= 4 is 11.4 Å². The molecule has 1 atom stereocenters. The molecule has 1 aliphatic rings. The number of benzene rings is 1. The number of H-pyrrole nitrogens is 1. The molecule has 1 aromatic carbocycles. The predicted molar refractivity (Wildman–Crippen MR) is 88.4 cm³/mol. The number of nitrogens with one attached hydrogen (secondary N) is 2. The van der Waals surface area contributed by atoms with Crippen LogP contribution in [0.1, 0.15) is 31.2 Å². The second-order valence-corrected chi connectivity index (χ2v) is 6.25. The molecule has 2 aromatic rings. The van der Waals surface area contributed by atoms with Crippen LogP contribution in [0.2, 0.25) is 0 Å². The Labute approximate surface area is 139 Å². The Morgan fingerprint density at radius 2 is 1.88 bits per heavy atom. The first-order chi connectivity index (χ1) is 11.4. The van der Waals surface area contributed by atoms with Gasteiger partial charge in [-0.05, 0) is 43.4 Å². The number of aromatic amines is 1. The molecule has 0 bridgehead atoms. The second-order valence-electron chi connectivity index (χ2n) is 6.25. The summed E-state index contributed by atoms with van der Waals surface area (Å²) >= 11 is 0. The monoisotopic (exact) mass is 338 g/mol. The van der Waals surface area contributed by atoms with Crippen molar-refractivity contribution in [3.63, 3.8) is 0 Å². The van der Waals surface area contributed by atoms with Gasteiger partial charge in [-0.2, -0.15) is 18.3 Å². The van der Waals surface area contributed by atoms with Crippen LogP contribution in [0.25, 0.3) is 0 Å². The van der Waals surface area contributed by atoms with E-state index >= 15 is 0 Å². The minimum Gasteiger partial charge on any atom is -0.374 e. The number of aromatic nitrogens is 2. The molecule has 0 saturated carbocycles. The van der Waals surface area contributed by atoms with Gasteiger partial charge in [-0.15, -0.1) is 0 Å². The first kappa shape index (κ1) is 16.7. The van der Waals surface area contributed by atoms with Gasteiger partial charge in [0.15, 0.2) is 0 Å². The maximum absolute atomic E-state index is 12.6. The van der Waals surface area contributed by atoms with Crippen LogP contribution >= 0.6 is 0 Å². The molecule has 7 heteroatoms. The molecule has 4 nitrogen and oxygen atoms in total. The number of anilines is 2. The maximum Gasteiger partial charge on any atom is 0.408 e. The van der Waals surface area contributed by atoms with Crippen LogP contribution in [0.3, 0.4) is 0 Å². The minimum atomic E-state index is -4.24. The average molecular weight is 338 g/mol. The molecule has 1 aromatic heterocycles. The van der Waals surface area contributed by atoms with Gasteiger partial charge in [0.25, 0.3) is 0 Å².